The molecule has 6 nitrogen and oxygen atoms in total. The van der Waals surface area contributed by atoms with Crippen molar-refractivity contribution in [2.75, 3.05) is 0 Å². The fraction of sp³-hybridized carbons (Fsp3) is 0.167. The molecule has 1 atom stereocenters. The first kappa shape index (κ1) is 23.6. The summed E-state index contributed by atoms with van der Waals surface area (Å²) in [5.41, 5.74) is 5.36. The molecule has 0 spiro atoms. The van der Waals surface area contributed by atoms with Crippen molar-refractivity contribution in [1.29, 1.82) is 0 Å². The minimum absolute atomic E-state index is 0.0940. The summed E-state index contributed by atoms with van der Waals surface area (Å²) in [6.45, 7) is -0.0940. The molecule has 0 aliphatic rings. The number of primary amides is 1. The second-order valence-corrected chi connectivity index (χ2v) is 7.23. The Morgan fingerprint density at radius 3 is 2.30 bits per heavy atom. The van der Waals surface area contributed by atoms with E-state index in [1.165, 1.54) is 12.1 Å². The molecule has 0 bridgehead atoms. The van der Waals surface area contributed by atoms with Crippen molar-refractivity contribution >= 4 is 11.9 Å². The number of amides is 3. The minimum atomic E-state index is -4.47. The van der Waals surface area contributed by atoms with Gasteiger partial charge in [0.2, 0.25) is 5.91 Å². The number of ether oxygens (including phenoxy) is 1. The Morgan fingerprint density at radius 1 is 0.909 bits per heavy atom. The molecule has 33 heavy (non-hydrogen) atoms. The van der Waals surface area contributed by atoms with Crippen LogP contribution < -0.4 is 21.1 Å². The van der Waals surface area contributed by atoms with E-state index in [4.69, 9.17) is 10.5 Å². The van der Waals surface area contributed by atoms with Crippen molar-refractivity contribution in [2.45, 2.75) is 25.2 Å². The van der Waals surface area contributed by atoms with E-state index in [2.05, 4.69) is 10.6 Å². The first-order valence-electron chi connectivity index (χ1n) is 10.0. The predicted molar refractivity (Wildman–Crippen MR) is 116 cm³/mol. The van der Waals surface area contributed by atoms with Gasteiger partial charge in [-0.1, -0.05) is 42.5 Å². The average Bonchev–Trinajstić information content (AvgIpc) is 2.77. The van der Waals surface area contributed by atoms with E-state index >= 15 is 0 Å². The molecule has 3 aromatic carbocycles. The molecule has 0 aliphatic heterocycles. The third-order valence-corrected chi connectivity index (χ3v) is 4.69. The third-order valence-electron chi connectivity index (χ3n) is 4.69. The fourth-order valence-corrected chi connectivity index (χ4v) is 3.16. The van der Waals surface area contributed by atoms with Crippen molar-refractivity contribution < 1.29 is 27.5 Å². The molecule has 0 fully saturated rings. The van der Waals surface area contributed by atoms with Gasteiger partial charge in [0.1, 0.15) is 11.5 Å². The first-order chi connectivity index (χ1) is 15.7. The zero-order valence-electron chi connectivity index (χ0n) is 17.4. The lowest BCUT2D eigenvalue weighted by Crippen LogP contribution is -2.36. The number of rotatable bonds is 8. The van der Waals surface area contributed by atoms with Gasteiger partial charge in [0.25, 0.3) is 0 Å². The SMILES string of the molecule is NC(=O)NC(CC(=O)NCc1cccc(C(F)(F)F)c1)c1cccc(Oc2ccccc2)c1. The highest BCUT2D eigenvalue weighted by Gasteiger charge is 2.30. The Morgan fingerprint density at radius 2 is 1.61 bits per heavy atom. The van der Waals surface area contributed by atoms with Gasteiger partial charge < -0.3 is 21.1 Å². The summed E-state index contributed by atoms with van der Waals surface area (Å²) in [6, 6.07) is 19.0. The van der Waals surface area contributed by atoms with Crippen molar-refractivity contribution in [2.24, 2.45) is 5.73 Å². The Kier molecular flexibility index (Phi) is 7.55. The van der Waals surface area contributed by atoms with Crippen LogP contribution in [0.25, 0.3) is 0 Å². The number of urea groups is 1. The van der Waals surface area contributed by atoms with E-state index in [9.17, 15) is 22.8 Å². The van der Waals surface area contributed by atoms with Crippen molar-refractivity contribution in [3.63, 3.8) is 0 Å². The van der Waals surface area contributed by atoms with E-state index in [1.807, 2.05) is 18.2 Å². The molecule has 3 aromatic rings. The zero-order valence-corrected chi connectivity index (χ0v) is 17.4. The maximum atomic E-state index is 12.9. The maximum absolute atomic E-state index is 12.9. The van der Waals surface area contributed by atoms with Gasteiger partial charge in [-0.15, -0.1) is 0 Å². The molecule has 0 saturated carbocycles. The van der Waals surface area contributed by atoms with Gasteiger partial charge in [-0.3, -0.25) is 4.79 Å². The van der Waals surface area contributed by atoms with Crippen molar-refractivity contribution in [1.82, 2.24) is 10.6 Å². The smallest absolute Gasteiger partial charge is 0.416 e. The molecule has 0 aromatic heterocycles. The van der Waals surface area contributed by atoms with Crippen LogP contribution in [0.5, 0.6) is 11.5 Å². The second-order valence-electron chi connectivity index (χ2n) is 7.23. The molecular weight excluding hydrogens is 435 g/mol. The van der Waals surface area contributed by atoms with Crippen LogP contribution in [-0.4, -0.2) is 11.9 Å². The highest BCUT2D eigenvalue weighted by molar-refractivity contribution is 5.78. The summed E-state index contributed by atoms with van der Waals surface area (Å²) in [4.78, 5) is 24.0. The number of benzene rings is 3. The molecule has 172 valence electrons. The van der Waals surface area contributed by atoms with E-state index < -0.39 is 29.7 Å². The number of hydrogen-bond acceptors (Lipinski definition) is 3. The van der Waals surface area contributed by atoms with Gasteiger partial charge in [-0.25, -0.2) is 4.79 Å². The summed E-state index contributed by atoms with van der Waals surface area (Å²) in [6.07, 6.45) is -4.64. The van der Waals surface area contributed by atoms with Crippen LogP contribution in [-0.2, 0) is 17.5 Å². The number of nitrogens with one attached hydrogen (secondary N) is 2. The molecule has 9 heteroatoms. The summed E-state index contributed by atoms with van der Waals surface area (Å²) >= 11 is 0. The van der Waals surface area contributed by atoms with E-state index in [0.717, 1.165) is 12.1 Å². The van der Waals surface area contributed by atoms with Gasteiger partial charge in [0.05, 0.1) is 18.0 Å². The summed E-state index contributed by atoms with van der Waals surface area (Å²) in [7, 11) is 0. The Hall–Kier alpha value is -4.01. The van der Waals surface area contributed by atoms with Crippen LogP contribution >= 0.6 is 0 Å². The molecule has 3 rings (SSSR count). The largest absolute Gasteiger partial charge is 0.457 e. The topological polar surface area (TPSA) is 93.5 Å². The predicted octanol–water partition coefficient (Wildman–Crippen LogP) is 4.91. The molecule has 0 heterocycles. The molecule has 0 radical (unpaired) electrons. The highest BCUT2D eigenvalue weighted by atomic mass is 19.4. The third kappa shape index (κ3) is 7.27. The highest BCUT2D eigenvalue weighted by Crippen LogP contribution is 2.29. The van der Waals surface area contributed by atoms with E-state index in [-0.39, 0.29) is 13.0 Å². The van der Waals surface area contributed by atoms with E-state index in [1.54, 1.807) is 36.4 Å². The number of halogens is 3. The van der Waals surface area contributed by atoms with Crippen molar-refractivity contribution in [3.8, 4) is 11.5 Å². The lowest BCUT2D eigenvalue weighted by Gasteiger charge is -2.19. The second kappa shape index (κ2) is 10.5. The lowest BCUT2D eigenvalue weighted by atomic mass is 10.0. The normalized spacial score (nSPS) is 12.0. The van der Waals surface area contributed by atoms with Gasteiger partial charge in [-0.05, 0) is 47.5 Å². The Balaban J connectivity index is 1.67. The maximum Gasteiger partial charge on any atom is 0.416 e. The van der Waals surface area contributed by atoms with Gasteiger partial charge >= 0.3 is 12.2 Å². The van der Waals surface area contributed by atoms with Crippen LogP contribution in [0.15, 0.2) is 78.9 Å². The standard InChI is InChI=1S/C24H22F3N3O3/c25-24(26,27)18-8-4-6-16(12-18)15-29-22(31)14-21(30-23(28)32)17-7-5-11-20(13-17)33-19-9-2-1-3-10-19/h1-13,21H,14-15H2,(H,29,31)(H3,28,30,32). The Bertz CT molecular complexity index is 1100. The molecular formula is C24H22F3N3O3. The fourth-order valence-electron chi connectivity index (χ4n) is 3.16. The quantitative estimate of drug-likeness (QED) is 0.449. The number of nitrogens with two attached hydrogens (primary N) is 1. The molecule has 4 N–H and O–H groups in total. The number of carbonyl (C=O) groups is 2. The van der Waals surface area contributed by atoms with E-state index in [0.29, 0.717) is 22.6 Å². The summed E-state index contributed by atoms with van der Waals surface area (Å²) in [5.74, 6) is 0.646. The number of alkyl halides is 3. The van der Waals surface area contributed by atoms with Gasteiger partial charge in [-0.2, -0.15) is 13.2 Å². The Labute approximate surface area is 188 Å². The molecule has 0 saturated heterocycles. The number of carbonyl (C=O) groups excluding carboxylic acids is 2. The van der Waals surface area contributed by atoms with Crippen LogP contribution in [0, 0.1) is 0 Å². The number of para-hydroxylation sites is 1. The summed E-state index contributed by atoms with van der Waals surface area (Å²) in [5, 5.41) is 5.09. The van der Waals surface area contributed by atoms with Gasteiger partial charge in [0, 0.05) is 6.54 Å². The average molecular weight is 457 g/mol. The summed E-state index contributed by atoms with van der Waals surface area (Å²) < 4.78 is 44.4. The molecule has 1 unspecified atom stereocenters. The van der Waals surface area contributed by atoms with Crippen LogP contribution in [0.3, 0.4) is 0 Å². The van der Waals surface area contributed by atoms with Crippen LogP contribution in [0.1, 0.15) is 29.2 Å². The lowest BCUT2D eigenvalue weighted by molar-refractivity contribution is -0.137. The van der Waals surface area contributed by atoms with Crippen molar-refractivity contribution in [3.05, 3.63) is 95.6 Å². The van der Waals surface area contributed by atoms with Gasteiger partial charge in [0.15, 0.2) is 0 Å². The molecule has 3 amide bonds. The zero-order chi connectivity index (χ0) is 23.8. The first-order valence-corrected chi connectivity index (χ1v) is 10.0. The van der Waals surface area contributed by atoms with Crippen LogP contribution in [0.4, 0.5) is 18.0 Å². The number of hydrogen-bond donors (Lipinski definition) is 3. The minimum Gasteiger partial charge on any atom is -0.457 e. The monoisotopic (exact) mass is 457 g/mol. The molecule has 0 aliphatic carbocycles. The van der Waals surface area contributed by atoms with Crippen LogP contribution in [0.2, 0.25) is 0 Å².